The van der Waals surface area contributed by atoms with Crippen molar-refractivity contribution in [3.05, 3.63) is 65.4 Å². The normalized spacial score (nSPS) is 10.6. The van der Waals surface area contributed by atoms with Gasteiger partial charge in [0, 0.05) is 23.1 Å². The van der Waals surface area contributed by atoms with Crippen molar-refractivity contribution in [1.29, 1.82) is 0 Å². The number of ether oxygens (including phenoxy) is 1. The lowest BCUT2D eigenvalue weighted by Gasteiger charge is -2.05. The van der Waals surface area contributed by atoms with Crippen molar-refractivity contribution in [2.45, 2.75) is 12.8 Å². The van der Waals surface area contributed by atoms with Crippen LogP contribution in [0.2, 0.25) is 0 Å². The predicted octanol–water partition coefficient (Wildman–Crippen LogP) is 3.42. The Morgan fingerprint density at radius 3 is 2.56 bits per heavy atom. The molecule has 1 aromatic heterocycles. The quantitative estimate of drug-likeness (QED) is 0.501. The van der Waals surface area contributed by atoms with E-state index in [-0.39, 0.29) is 22.6 Å². The number of carbonyl (C=O) groups excluding carboxylic acids is 2. The van der Waals surface area contributed by atoms with Gasteiger partial charge in [-0.2, -0.15) is 0 Å². The van der Waals surface area contributed by atoms with Gasteiger partial charge in [-0.1, -0.05) is 24.4 Å². The molecule has 0 aliphatic heterocycles. The molecule has 27 heavy (non-hydrogen) atoms. The average molecular weight is 382 g/mol. The van der Waals surface area contributed by atoms with E-state index in [4.69, 9.17) is 22.4 Å². The number of aryl methyl sites for hydroxylation is 1. The van der Waals surface area contributed by atoms with Gasteiger partial charge in [-0.3, -0.25) is 9.59 Å². The molecule has 0 aliphatic rings. The SMILES string of the molecule is COC(=O)CCc1ccc(NC(=O)c2cc3cc(C(N)=S)ccc3o2)cc1. The minimum atomic E-state index is -0.356. The number of anilines is 1. The molecule has 1 amide bonds. The van der Waals surface area contributed by atoms with Gasteiger partial charge < -0.3 is 20.2 Å². The second-order valence-electron chi connectivity index (χ2n) is 5.95. The Morgan fingerprint density at radius 1 is 1.15 bits per heavy atom. The van der Waals surface area contributed by atoms with E-state index in [2.05, 4.69) is 10.1 Å². The number of thiocarbonyl (C=S) groups is 1. The predicted molar refractivity (Wildman–Crippen MR) is 107 cm³/mol. The standard InChI is InChI=1S/C20H18N2O4S/c1-25-18(23)9-4-12-2-6-15(7-3-12)22-20(24)17-11-14-10-13(19(21)27)5-8-16(14)26-17/h2-3,5-8,10-11H,4,9H2,1H3,(H2,21,27)(H,22,24). The number of benzene rings is 2. The molecule has 0 spiro atoms. The average Bonchev–Trinajstić information content (AvgIpc) is 3.10. The Bertz CT molecular complexity index is 1010. The molecular weight excluding hydrogens is 364 g/mol. The van der Waals surface area contributed by atoms with Gasteiger partial charge in [-0.15, -0.1) is 0 Å². The van der Waals surface area contributed by atoms with Gasteiger partial charge >= 0.3 is 5.97 Å². The molecular formula is C20H18N2O4S. The zero-order chi connectivity index (χ0) is 19.4. The van der Waals surface area contributed by atoms with Crippen molar-refractivity contribution in [3.63, 3.8) is 0 Å². The van der Waals surface area contributed by atoms with Crippen LogP contribution >= 0.6 is 12.2 Å². The molecule has 1 heterocycles. The Labute approximate surface area is 161 Å². The van der Waals surface area contributed by atoms with E-state index in [1.54, 1.807) is 36.4 Å². The summed E-state index contributed by atoms with van der Waals surface area (Å²) in [6.07, 6.45) is 0.894. The molecule has 7 heteroatoms. The maximum Gasteiger partial charge on any atom is 0.305 e. The van der Waals surface area contributed by atoms with E-state index in [0.717, 1.165) is 10.9 Å². The molecule has 0 radical (unpaired) electrons. The molecule has 0 saturated heterocycles. The molecule has 138 valence electrons. The van der Waals surface area contributed by atoms with Crippen LogP contribution in [0.3, 0.4) is 0 Å². The number of rotatable bonds is 6. The van der Waals surface area contributed by atoms with Crippen molar-refractivity contribution in [3.8, 4) is 0 Å². The number of amides is 1. The minimum absolute atomic E-state index is 0.194. The highest BCUT2D eigenvalue weighted by molar-refractivity contribution is 7.80. The van der Waals surface area contributed by atoms with E-state index in [1.807, 2.05) is 12.1 Å². The first-order valence-electron chi connectivity index (χ1n) is 8.27. The molecule has 2 aromatic carbocycles. The Morgan fingerprint density at radius 2 is 1.89 bits per heavy atom. The van der Waals surface area contributed by atoms with E-state index in [1.165, 1.54) is 7.11 Å². The summed E-state index contributed by atoms with van der Waals surface area (Å²) in [7, 11) is 1.37. The third-order valence-corrected chi connectivity index (χ3v) is 4.32. The van der Waals surface area contributed by atoms with Crippen LogP contribution in [0.4, 0.5) is 5.69 Å². The maximum atomic E-state index is 12.4. The van der Waals surface area contributed by atoms with E-state index in [9.17, 15) is 9.59 Å². The van der Waals surface area contributed by atoms with Crippen molar-refractivity contribution >= 4 is 45.7 Å². The zero-order valence-corrected chi connectivity index (χ0v) is 15.5. The van der Waals surface area contributed by atoms with Gasteiger partial charge in [-0.05, 0) is 48.4 Å². The Kier molecular flexibility index (Phi) is 5.52. The van der Waals surface area contributed by atoms with Crippen molar-refractivity contribution in [1.82, 2.24) is 0 Å². The molecule has 3 aromatic rings. The number of hydrogen-bond donors (Lipinski definition) is 2. The number of esters is 1. The van der Waals surface area contributed by atoms with Gasteiger partial charge in [-0.25, -0.2) is 0 Å². The highest BCUT2D eigenvalue weighted by Crippen LogP contribution is 2.22. The largest absolute Gasteiger partial charge is 0.469 e. The summed E-state index contributed by atoms with van der Waals surface area (Å²) in [5.74, 6) is -0.416. The lowest BCUT2D eigenvalue weighted by atomic mass is 10.1. The number of nitrogens with two attached hydrogens (primary N) is 1. The van der Waals surface area contributed by atoms with Crippen LogP contribution in [0, 0.1) is 0 Å². The number of fused-ring (bicyclic) bond motifs is 1. The highest BCUT2D eigenvalue weighted by Gasteiger charge is 2.13. The summed E-state index contributed by atoms with van der Waals surface area (Å²) in [6.45, 7) is 0. The fourth-order valence-electron chi connectivity index (χ4n) is 2.60. The molecule has 0 saturated carbocycles. The van der Waals surface area contributed by atoms with Crippen LogP contribution < -0.4 is 11.1 Å². The Hall–Kier alpha value is -3.19. The zero-order valence-electron chi connectivity index (χ0n) is 14.7. The highest BCUT2D eigenvalue weighted by atomic mass is 32.1. The van der Waals surface area contributed by atoms with Gasteiger partial charge in [0.15, 0.2) is 5.76 Å². The summed E-state index contributed by atoms with van der Waals surface area (Å²) in [6, 6.07) is 14.2. The minimum Gasteiger partial charge on any atom is -0.469 e. The van der Waals surface area contributed by atoms with Crippen LogP contribution in [0.25, 0.3) is 11.0 Å². The molecule has 3 rings (SSSR count). The molecule has 0 unspecified atom stereocenters. The molecule has 3 N–H and O–H groups in total. The summed E-state index contributed by atoms with van der Waals surface area (Å²) >= 11 is 4.96. The second-order valence-corrected chi connectivity index (χ2v) is 6.39. The van der Waals surface area contributed by atoms with Crippen LogP contribution in [-0.4, -0.2) is 24.0 Å². The van der Waals surface area contributed by atoms with Crippen molar-refractivity contribution in [2.24, 2.45) is 5.73 Å². The number of methoxy groups -OCH3 is 1. The molecule has 0 bridgehead atoms. The van der Waals surface area contributed by atoms with Gasteiger partial charge in [0.05, 0.1) is 7.11 Å². The van der Waals surface area contributed by atoms with Gasteiger partial charge in [0.25, 0.3) is 5.91 Å². The van der Waals surface area contributed by atoms with Gasteiger partial charge in [0.2, 0.25) is 0 Å². The maximum absolute atomic E-state index is 12.4. The fourth-order valence-corrected chi connectivity index (χ4v) is 2.73. The summed E-state index contributed by atoms with van der Waals surface area (Å²) < 4.78 is 10.2. The Balaban J connectivity index is 1.68. The van der Waals surface area contributed by atoms with E-state index >= 15 is 0 Å². The smallest absolute Gasteiger partial charge is 0.305 e. The van der Waals surface area contributed by atoms with Crippen molar-refractivity contribution in [2.75, 3.05) is 12.4 Å². The van der Waals surface area contributed by atoms with Crippen LogP contribution in [0.1, 0.15) is 28.1 Å². The van der Waals surface area contributed by atoms with E-state index < -0.39 is 0 Å². The summed E-state index contributed by atoms with van der Waals surface area (Å²) in [4.78, 5) is 23.9. The topological polar surface area (TPSA) is 94.6 Å². The summed E-state index contributed by atoms with van der Waals surface area (Å²) in [5, 5.41) is 3.54. The number of hydrogen-bond acceptors (Lipinski definition) is 5. The third kappa shape index (κ3) is 4.51. The fraction of sp³-hybridized carbons (Fsp3) is 0.150. The first-order chi connectivity index (χ1) is 13.0. The van der Waals surface area contributed by atoms with E-state index in [0.29, 0.717) is 29.7 Å². The molecule has 6 nitrogen and oxygen atoms in total. The summed E-state index contributed by atoms with van der Waals surface area (Å²) in [5.41, 5.74) is 8.53. The third-order valence-electron chi connectivity index (χ3n) is 4.08. The molecule has 0 fully saturated rings. The van der Waals surface area contributed by atoms with Crippen LogP contribution in [0.15, 0.2) is 52.9 Å². The first kappa shape index (κ1) is 18.6. The molecule has 0 aliphatic carbocycles. The molecule has 0 atom stereocenters. The lowest BCUT2D eigenvalue weighted by Crippen LogP contribution is -2.10. The van der Waals surface area contributed by atoms with Crippen molar-refractivity contribution < 1.29 is 18.7 Å². The monoisotopic (exact) mass is 382 g/mol. The lowest BCUT2D eigenvalue weighted by molar-refractivity contribution is -0.140. The number of carbonyl (C=O) groups is 2. The van der Waals surface area contributed by atoms with Crippen LogP contribution in [0.5, 0.6) is 0 Å². The number of nitrogens with one attached hydrogen (secondary N) is 1. The second kappa shape index (κ2) is 8.01. The van der Waals surface area contributed by atoms with Gasteiger partial charge in [0.1, 0.15) is 10.6 Å². The van der Waals surface area contributed by atoms with Crippen LogP contribution in [-0.2, 0) is 16.0 Å². The first-order valence-corrected chi connectivity index (χ1v) is 8.67. The number of furan rings is 1.